The number of hydrogen-bond acceptors (Lipinski definition) is 2. The molecule has 0 saturated heterocycles. The maximum Gasteiger partial charge on any atom is 0.205 e. The summed E-state index contributed by atoms with van der Waals surface area (Å²) in [5.74, 6) is -0.460. The first-order valence-electron chi connectivity index (χ1n) is 7.08. The van der Waals surface area contributed by atoms with Crippen molar-refractivity contribution in [1.82, 2.24) is 0 Å². The van der Waals surface area contributed by atoms with Gasteiger partial charge in [-0.2, -0.15) is 0 Å². The molecule has 0 fully saturated rings. The normalized spacial score (nSPS) is 15.9. The number of halogens is 1. The minimum Gasteiger partial charge on any atom is -0.289 e. The van der Waals surface area contributed by atoms with Crippen LogP contribution in [0.2, 0.25) is 0 Å². The van der Waals surface area contributed by atoms with E-state index in [0.29, 0.717) is 11.1 Å². The van der Waals surface area contributed by atoms with E-state index in [4.69, 9.17) is 11.6 Å². The highest BCUT2D eigenvalue weighted by atomic mass is 35.5. The third-order valence-electron chi connectivity index (χ3n) is 3.76. The smallest absolute Gasteiger partial charge is 0.205 e. The molecule has 0 N–H and O–H groups in total. The van der Waals surface area contributed by atoms with Crippen LogP contribution in [0.25, 0.3) is 0 Å². The van der Waals surface area contributed by atoms with Crippen molar-refractivity contribution in [3.63, 3.8) is 0 Å². The highest BCUT2D eigenvalue weighted by Crippen LogP contribution is 2.37. The van der Waals surface area contributed by atoms with Gasteiger partial charge in [0.05, 0.1) is 5.03 Å². The van der Waals surface area contributed by atoms with Gasteiger partial charge in [-0.15, -0.1) is 0 Å². The van der Waals surface area contributed by atoms with Crippen LogP contribution in [0.3, 0.4) is 0 Å². The van der Waals surface area contributed by atoms with Crippen LogP contribution in [0.1, 0.15) is 73.4 Å². The van der Waals surface area contributed by atoms with Crippen LogP contribution in [0.4, 0.5) is 0 Å². The first kappa shape index (κ1) is 16.0. The van der Waals surface area contributed by atoms with Crippen molar-refractivity contribution in [2.45, 2.75) is 52.4 Å². The van der Waals surface area contributed by atoms with Crippen molar-refractivity contribution in [1.29, 1.82) is 0 Å². The van der Waals surface area contributed by atoms with E-state index >= 15 is 0 Å². The van der Waals surface area contributed by atoms with Crippen LogP contribution < -0.4 is 0 Å². The maximum atomic E-state index is 12.2. The van der Waals surface area contributed by atoms with E-state index in [1.807, 2.05) is 12.1 Å². The van der Waals surface area contributed by atoms with Crippen molar-refractivity contribution in [2.75, 3.05) is 0 Å². The Morgan fingerprint density at radius 3 is 1.67 bits per heavy atom. The Morgan fingerprint density at radius 1 is 0.810 bits per heavy atom. The van der Waals surface area contributed by atoms with E-state index in [1.54, 1.807) is 0 Å². The molecule has 3 heteroatoms. The molecule has 0 atom stereocenters. The predicted molar refractivity (Wildman–Crippen MR) is 86.4 cm³/mol. The van der Waals surface area contributed by atoms with E-state index in [1.165, 1.54) is 6.08 Å². The van der Waals surface area contributed by atoms with Gasteiger partial charge < -0.3 is 0 Å². The standard InChI is InChI=1S/C18H21ClO2/c1-17(2,3)12-7-10-11(8-13(12)18(4,5)6)16(21)14(19)9-15(10)20/h7-9H,1-6H3. The zero-order valence-corrected chi connectivity index (χ0v) is 14.2. The predicted octanol–water partition coefficient (Wildman–Crippen LogP) is 4.78. The van der Waals surface area contributed by atoms with Crippen molar-refractivity contribution < 1.29 is 9.59 Å². The molecule has 1 aromatic carbocycles. The minimum absolute atomic E-state index is 0.00383. The molecule has 2 nitrogen and oxygen atoms in total. The lowest BCUT2D eigenvalue weighted by molar-refractivity contribution is 0.0990. The average Bonchev–Trinajstić information content (AvgIpc) is 2.32. The number of carbonyl (C=O) groups excluding carboxylic acids is 2. The van der Waals surface area contributed by atoms with Crippen molar-refractivity contribution >= 4 is 23.2 Å². The summed E-state index contributed by atoms with van der Waals surface area (Å²) in [7, 11) is 0. The Hall–Kier alpha value is -1.41. The summed E-state index contributed by atoms with van der Waals surface area (Å²) in [4.78, 5) is 24.4. The molecule has 0 radical (unpaired) electrons. The number of rotatable bonds is 0. The molecule has 0 spiro atoms. The SMILES string of the molecule is CC(C)(C)c1cc2c(cc1C(C)(C)C)C(=O)C(Cl)=CC2=O. The molecular formula is C18H21ClO2. The Balaban J connectivity index is 2.82. The van der Waals surface area contributed by atoms with Crippen LogP contribution in [0, 0.1) is 0 Å². The van der Waals surface area contributed by atoms with Gasteiger partial charge in [-0.3, -0.25) is 9.59 Å². The fraction of sp³-hybridized carbons (Fsp3) is 0.444. The van der Waals surface area contributed by atoms with Crippen LogP contribution >= 0.6 is 11.6 Å². The molecule has 21 heavy (non-hydrogen) atoms. The first-order valence-corrected chi connectivity index (χ1v) is 7.46. The molecule has 0 amide bonds. The number of carbonyl (C=O) groups is 2. The van der Waals surface area contributed by atoms with Gasteiger partial charge in [0.2, 0.25) is 5.78 Å². The lowest BCUT2D eigenvalue weighted by Crippen LogP contribution is -2.25. The number of benzene rings is 1. The molecule has 1 aromatic rings. The van der Waals surface area contributed by atoms with Crippen molar-refractivity contribution in [3.05, 3.63) is 45.5 Å². The average molecular weight is 305 g/mol. The molecule has 0 aromatic heterocycles. The summed E-state index contributed by atoms with van der Waals surface area (Å²) in [6.07, 6.45) is 1.22. The van der Waals surface area contributed by atoms with Crippen LogP contribution in [-0.4, -0.2) is 11.6 Å². The molecule has 0 aliphatic heterocycles. The van der Waals surface area contributed by atoms with E-state index in [-0.39, 0.29) is 27.4 Å². The Kier molecular flexibility index (Phi) is 3.66. The van der Waals surface area contributed by atoms with Crippen LogP contribution in [0.5, 0.6) is 0 Å². The lowest BCUT2D eigenvalue weighted by atomic mass is 9.72. The molecule has 2 rings (SSSR count). The zero-order chi connectivity index (χ0) is 16.2. The van der Waals surface area contributed by atoms with Crippen LogP contribution in [-0.2, 0) is 10.8 Å². The summed E-state index contributed by atoms with van der Waals surface area (Å²) < 4.78 is 0. The highest BCUT2D eigenvalue weighted by Gasteiger charge is 2.32. The molecular weight excluding hydrogens is 284 g/mol. The molecule has 0 bridgehead atoms. The largest absolute Gasteiger partial charge is 0.289 e. The highest BCUT2D eigenvalue weighted by molar-refractivity contribution is 6.49. The van der Waals surface area contributed by atoms with E-state index in [2.05, 4.69) is 41.5 Å². The third-order valence-corrected chi connectivity index (χ3v) is 4.04. The summed E-state index contributed by atoms with van der Waals surface area (Å²) in [5, 5.41) is -0.00383. The maximum absolute atomic E-state index is 12.2. The van der Waals surface area contributed by atoms with Gasteiger partial charge in [-0.1, -0.05) is 53.1 Å². The lowest BCUT2D eigenvalue weighted by Gasteiger charge is -2.31. The second-order valence-corrected chi connectivity index (χ2v) is 8.04. The molecule has 0 saturated carbocycles. The van der Waals surface area contributed by atoms with Gasteiger partial charge in [0.25, 0.3) is 0 Å². The number of Topliss-reactive ketones (excluding diaryl/α,β-unsaturated/α-hetero) is 1. The number of hydrogen-bond donors (Lipinski definition) is 0. The monoisotopic (exact) mass is 304 g/mol. The van der Waals surface area contributed by atoms with E-state index in [9.17, 15) is 9.59 Å². The van der Waals surface area contributed by atoms with E-state index < -0.39 is 0 Å². The number of allylic oxidation sites excluding steroid dienone is 2. The minimum atomic E-state index is -0.266. The first-order chi connectivity index (χ1) is 9.43. The fourth-order valence-corrected chi connectivity index (χ4v) is 2.82. The molecule has 0 unspecified atom stereocenters. The number of ketones is 2. The van der Waals surface area contributed by atoms with E-state index in [0.717, 1.165) is 11.1 Å². The summed E-state index contributed by atoms with van der Waals surface area (Å²) >= 11 is 5.88. The van der Waals surface area contributed by atoms with Crippen LogP contribution in [0.15, 0.2) is 23.2 Å². The topological polar surface area (TPSA) is 34.1 Å². The molecule has 1 aliphatic rings. The summed E-state index contributed by atoms with van der Waals surface area (Å²) in [6.45, 7) is 12.7. The summed E-state index contributed by atoms with van der Waals surface area (Å²) in [5.41, 5.74) is 2.84. The molecule has 0 heterocycles. The van der Waals surface area contributed by atoms with Crippen molar-refractivity contribution in [3.8, 4) is 0 Å². The third kappa shape index (κ3) is 2.82. The van der Waals surface area contributed by atoms with Gasteiger partial charge in [0.15, 0.2) is 5.78 Å². The fourth-order valence-electron chi connectivity index (χ4n) is 2.62. The second kappa shape index (κ2) is 4.81. The molecule has 1 aliphatic carbocycles. The Labute approximate surface area is 131 Å². The quantitative estimate of drug-likeness (QED) is 0.691. The summed E-state index contributed by atoms with van der Waals surface area (Å²) in [6, 6.07) is 3.72. The number of fused-ring (bicyclic) bond motifs is 1. The van der Waals surface area contributed by atoms with Gasteiger partial charge in [0, 0.05) is 17.2 Å². The van der Waals surface area contributed by atoms with Gasteiger partial charge >= 0.3 is 0 Å². The zero-order valence-electron chi connectivity index (χ0n) is 13.4. The second-order valence-electron chi connectivity index (χ2n) is 7.63. The van der Waals surface area contributed by atoms with Gasteiger partial charge in [-0.25, -0.2) is 0 Å². The van der Waals surface area contributed by atoms with Gasteiger partial charge in [-0.05, 0) is 34.1 Å². The molecule has 112 valence electrons. The Bertz CT molecular complexity index is 668. The van der Waals surface area contributed by atoms with Gasteiger partial charge in [0.1, 0.15) is 0 Å². The Morgan fingerprint density at radius 2 is 1.24 bits per heavy atom. The van der Waals surface area contributed by atoms with Crippen molar-refractivity contribution in [2.24, 2.45) is 0 Å².